The highest BCUT2D eigenvalue weighted by molar-refractivity contribution is 8.02. The normalized spacial score (nSPS) is 17.5. The molecule has 2 aromatic rings. The molecular weight excluding hydrogens is 398 g/mol. The third-order valence-electron chi connectivity index (χ3n) is 4.73. The van der Waals surface area contributed by atoms with E-state index in [0.717, 1.165) is 40.7 Å². The minimum Gasteiger partial charge on any atom is -0.357 e. The van der Waals surface area contributed by atoms with E-state index in [1.165, 1.54) is 47.2 Å². The van der Waals surface area contributed by atoms with Crippen LogP contribution in [0.1, 0.15) is 55.0 Å². The second-order valence-corrected chi connectivity index (χ2v) is 10.6. The van der Waals surface area contributed by atoms with Crippen molar-refractivity contribution in [3.05, 3.63) is 16.0 Å². The summed E-state index contributed by atoms with van der Waals surface area (Å²) in [5, 5.41) is 25.4. The van der Waals surface area contributed by atoms with Crippen molar-refractivity contribution >= 4 is 50.5 Å². The summed E-state index contributed by atoms with van der Waals surface area (Å²) in [4.78, 5) is 13.9. The molecule has 9 heteroatoms. The summed E-state index contributed by atoms with van der Waals surface area (Å²) in [7, 11) is 0. The Bertz CT molecular complexity index is 880. The summed E-state index contributed by atoms with van der Waals surface area (Å²) >= 11 is 4.46. The molecule has 1 saturated carbocycles. The maximum Gasteiger partial charge on any atom is 0.238 e. The van der Waals surface area contributed by atoms with Gasteiger partial charge in [0, 0.05) is 10.9 Å². The van der Waals surface area contributed by atoms with Gasteiger partial charge in [0.2, 0.25) is 11.0 Å². The average Bonchev–Trinajstić information content (AvgIpc) is 3.33. The Kier molecular flexibility index (Phi) is 5.66. The van der Waals surface area contributed by atoms with Crippen LogP contribution in [0.25, 0.3) is 0 Å². The van der Waals surface area contributed by atoms with Crippen molar-refractivity contribution in [3.8, 4) is 6.07 Å². The van der Waals surface area contributed by atoms with Crippen LogP contribution in [0, 0.1) is 11.3 Å². The number of carbonyl (C=O) groups excluding carboxylic acids is 1. The third-order valence-corrected chi connectivity index (χ3v) is 7.97. The van der Waals surface area contributed by atoms with E-state index in [4.69, 9.17) is 0 Å². The first kappa shape index (κ1) is 18.7. The Morgan fingerprint density at radius 2 is 2.07 bits per heavy atom. The topological polar surface area (TPSA) is 90.7 Å². The molecule has 2 aliphatic carbocycles. The maximum atomic E-state index is 12.7. The van der Waals surface area contributed by atoms with Crippen LogP contribution < -0.4 is 10.6 Å². The van der Waals surface area contributed by atoms with Gasteiger partial charge in [-0.3, -0.25) is 4.79 Å². The molecule has 0 aliphatic heterocycles. The maximum absolute atomic E-state index is 12.7. The van der Waals surface area contributed by atoms with Crippen molar-refractivity contribution in [1.82, 2.24) is 10.2 Å². The number of nitrogens with one attached hydrogen (secondary N) is 2. The molecule has 142 valence electrons. The number of hydrogen-bond acceptors (Lipinski definition) is 8. The molecule has 0 aromatic carbocycles. The lowest BCUT2D eigenvalue weighted by molar-refractivity contribution is -0.115. The molecule has 2 aliphatic rings. The van der Waals surface area contributed by atoms with Gasteiger partial charge in [0.25, 0.3) is 0 Å². The highest BCUT2D eigenvalue weighted by Gasteiger charge is 2.25. The molecule has 0 radical (unpaired) electrons. The number of amides is 1. The second kappa shape index (κ2) is 8.17. The first-order chi connectivity index (χ1) is 13.1. The molecule has 0 bridgehead atoms. The van der Waals surface area contributed by atoms with Gasteiger partial charge in [-0.05, 0) is 51.0 Å². The fourth-order valence-electron chi connectivity index (χ4n) is 3.09. The SMILES string of the molecule is CC(Sc1nnc(NC2CC2)s1)C(=O)Nc1sc2c(c1C#N)CCCCC2. The lowest BCUT2D eigenvalue weighted by Crippen LogP contribution is -2.22. The number of rotatable bonds is 6. The molecule has 1 unspecified atom stereocenters. The minimum absolute atomic E-state index is 0.0974. The smallest absolute Gasteiger partial charge is 0.238 e. The highest BCUT2D eigenvalue weighted by atomic mass is 32.2. The first-order valence-electron chi connectivity index (χ1n) is 9.26. The largest absolute Gasteiger partial charge is 0.357 e. The van der Waals surface area contributed by atoms with Crippen molar-refractivity contribution < 1.29 is 4.79 Å². The van der Waals surface area contributed by atoms with Gasteiger partial charge in [-0.25, -0.2) is 0 Å². The van der Waals surface area contributed by atoms with E-state index >= 15 is 0 Å². The number of nitrogens with zero attached hydrogens (tertiary/aromatic N) is 3. The van der Waals surface area contributed by atoms with Crippen LogP contribution in [-0.2, 0) is 17.6 Å². The third kappa shape index (κ3) is 4.45. The zero-order valence-corrected chi connectivity index (χ0v) is 17.5. The Morgan fingerprint density at radius 3 is 2.85 bits per heavy atom. The van der Waals surface area contributed by atoms with Crippen LogP contribution in [0.4, 0.5) is 10.1 Å². The molecule has 0 saturated heterocycles. The summed E-state index contributed by atoms with van der Waals surface area (Å²) in [6.45, 7) is 1.86. The van der Waals surface area contributed by atoms with Crippen molar-refractivity contribution in [2.75, 3.05) is 10.6 Å². The molecule has 1 atom stereocenters. The van der Waals surface area contributed by atoms with Crippen LogP contribution in [-0.4, -0.2) is 27.4 Å². The van der Waals surface area contributed by atoms with Gasteiger partial charge in [-0.15, -0.1) is 21.5 Å². The minimum atomic E-state index is -0.305. The summed E-state index contributed by atoms with van der Waals surface area (Å²) in [6, 6.07) is 2.85. The fraction of sp³-hybridized carbons (Fsp3) is 0.556. The van der Waals surface area contributed by atoms with Gasteiger partial charge in [0.05, 0.1) is 10.8 Å². The summed E-state index contributed by atoms with van der Waals surface area (Å²) in [6.07, 6.45) is 7.81. The van der Waals surface area contributed by atoms with Crippen LogP contribution >= 0.6 is 34.4 Å². The Labute approximate surface area is 170 Å². The predicted octanol–water partition coefficient (Wildman–Crippen LogP) is 4.43. The molecule has 27 heavy (non-hydrogen) atoms. The number of fused-ring (bicyclic) bond motifs is 1. The molecule has 4 rings (SSSR count). The Morgan fingerprint density at radius 1 is 1.26 bits per heavy atom. The van der Waals surface area contributed by atoms with Crippen molar-refractivity contribution in [2.24, 2.45) is 0 Å². The summed E-state index contributed by atoms with van der Waals surface area (Å²) < 4.78 is 0.781. The first-order valence-corrected chi connectivity index (χ1v) is 11.8. The van der Waals surface area contributed by atoms with E-state index < -0.39 is 0 Å². The average molecular weight is 420 g/mol. The van der Waals surface area contributed by atoms with Gasteiger partial charge in [0.15, 0.2) is 4.34 Å². The molecule has 6 nitrogen and oxygen atoms in total. The fourth-order valence-corrected chi connectivity index (χ4v) is 6.30. The number of nitriles is 1. The molecule has 1 amide bonds. The second-order valence-electron chi connectivity index (χ2n) is 6.92. The molecule has 2 N–H and O–H groups in total. The van der Waals surface area contributed by atoms with Gasteiger partial charge < -0.3 is 10.6 Å². The number of aryl methyl sites for hydroxylation is 1. The van der Waals surface area contributed by atoms with Crippen LogP contribution in [0.3, 0.4) is 0 Å². The summed E-state index contributed by atoms with van der Waals surface area (Å²) in [5.41, 5.74) is 1.81. The number of aromatic nitrogens is 2. The van der Waals surface area contributed by atoms with Gasteiger partial charge in [0.1, 0.15) is 11.1 Å². The number of hydrogen-bond donors (Lipinski definition) is 2. The lowest BCUT2D eigenvalue weighted by atomic mass is 10.1. The van der Waals surface area contributed by atoms with E-state index in [-0.39, 0.29) is 11.2 Å². The van der Waals surface area contributed by atoms with Crippen molar-refractivity contribution in [3.63, 3.8) is 0 Å². The molecule has 2 heterocycles. The Balaban J connectivity index is 1.41. The molecular formula is C18H21N5OS3. The van der Waals surface area contributed by atoms with Crippen LogP contribution in [0.2, 0.25) is 0 Å². The van der Waals surface area contributed by atoms with E-state index in [9.17, 15) is 10.1 Å². The van der Waals surface area contributed by atoms with E-state index in [2.05, 4.69) is 26.9 Å². The zero-order chi connectivity index (χ0) is 18.8. The standard InChI is InChI=1S/C18H21N5OS3/c1-10(25-18-23-22-17(27-18)20-11-7-8-11)15(24)21-16-13(9-19)12-5-3-2-4-6-14(12)26-16/h10-11H,2-8H2,1H3,(H,20,22)(H,21,24). The number of anilines is 2. The molecule has 2 aromatic heterocycles. The van der Waals surface area contributed by atoms with E-state index in [0.29, 0.717) is 16.6 Å². The highest BCUT2D eigenvalue weighted by Crippen LogP contribution is 2.38. The van der Waals surface area contributed by atoms with Crippen molar-refractivity contribution in [1.29, 1.82) is 5.26 Å². The number of thioether (sulfide) groups is 1. The molecule has 1 fully saturated rings. The number of carbonyl (C=O) groups is 1. The molecule has 0 spiro atoms. The van der Waals surface area contributed by atoms with Crippen LogP contribution in [0.5, 0.6) is 0 Å². The van der Waals surface area contributed by atoms with Gasteiger partial charge in [-0.1, -0.05) is 29.5 Å². The lowest BCUT2D eigenvalue weighted by Gasteiger charge is -2.09. The van der Waals surface area contributed by atoms with Gasteiger partial charge >= 0.3 is 0 Å². The Hall–Kier alpha value is -1.63. The van der Waals surface area contributed by atoms with Gasteiger partial charge in [-0.2, -0.15) is 5.26 Å². The quantitative estimate of drug-likeness (QED) is 0.531. The van der Waals surface area contributed by atoms with E-state index in [1.54, 1.807) is 11.3 Å². The predicted molar refractivity (Wildman–Crippen MR) is 111 cm³/mol. The van der Waals surface area contributed by atoms with Crippen molar-refractivity contribution in [2.45, 2.75) is 67.5 Å². The zero-order valence-electron chi connectivity index (χ0n) is 15.1. The monoisotopic (exact) mass is 419 g/mol. The number of thiophene rings is 1. The van der Waals surface area contributed by atoms with E-state index in [1.807, 2.05) is 6.92 Å². The van der Waals surface area contributed by atoms with Crippen LogP contribution in [0.15, 0.2) is 4.34 Å². The summed E-state index contributed by atoms with van der Waals surface area (Å²) in [5.74, 6) is -0.0974.